The minimum atomic E-state index is -0.216. The molecule has 1 atom stereocenters. The fraction of sp³-hybridized carbons (Fsp3) is 0.286. The summed E-state index contributed by atoms with van der Waals surface area (Å²) in [4.78, 5) is 3.99. The van der Waals surface area contributed by atoms with E-state index in [1.165, 1.54) is 0 Å². The second kappa shape index (κ2) is 4.01. The lowest BCUT2D eigenvalue weighted by Gasteiger charge is -2.11. The molecular weight excluding hydrogens is 267 g/mol. The molecular formula is C7H11IN4. The minimum absolute atomic E-state index is 0.216. The van der Waals surface area contributed by atoms with E-state index >= 15 is 0 Å². The van der Waals surface area contributed by atoms with Crippen LogP contribution in [0.5, 0.6) is 0 Å². The van der Waals surface area contributed by atoms with Crippen LogP contribution in [0, 0.1) is 3.57 Å². The summed E-state index contributed by atoms with van der Waals surface area (Å²) in [5.41, 5.74) is 18.4. The Labute approximate surface area is 84.7 Å². The fourth-order valence-electron chi connectivity index (χ4n) is 0.882. The summed E-state index contributed by atoms with van der Waals surface area (Å²) in [6, 6.07) is -0.216. The Kier molecular flexibility index (Phi) is 3.24. The molecule has 1 aromatic heterocycles. The number of nitrogens with zero attached hydrogens (tertiary/aromatic N) is 1. The molecule has 1 unspecified atom stereocenters. The normalized spacial score (nSPS) is 12.9. The van der Waals surface area contributed by atoms with Crippen LogP contribution in [0.1, 0.15) is 11.6 Å². The van der Waals surface area contributed by atoms with Crippen molar-refractivity contribution in [3.8, 4) is 0 Å². The van der Waals surface area contributed by atoms with Crippen molar-refractivity contribution in [3.63, 3.8) is 0 Å². The van der Waals surface area contributed by atoms with Gasteiger partial charge in [0.25, 0.3) is 0 Å². The van der Waals surface area contributed by atoms with Crippen LogP contribution in [-0.4, -0.2) is 11.5 Å². The highest BCUT2D eigenvalue weighted by Crippen LogP contribution is 2.21. The molecule has 0 aliphatic carbocycles. The number of hydrogen-bond acceptors (Lipinski definition) is 4. The standard InChI is InChI=1S/C7H11IN4/c8-5-3-12-2-4(7(5)11)6(10)1-9/h2-3,6H,1,9-10H2,(H2,11,12). The van der Waals surface area contributed by atoms with Crippen molar-refractivity contribution in [3.05, 3.63) is 21.5 Å². The van der Waals surface area contributed by atoms with Crippen LogP contribution in [-0.2, 0) is 0 Å². The van der Waals surface area contributed by atoms with Gasteiger partial charge in [0.1, 0.15) is 0 Å². The number of halogens is 1. The van der Waals surface area contributed by atoms with Crippen LogP contribution in [0.3, 0.4) is 0 Å². The van der Waals surface area contributed by atoms with Gasteiger partial charge in [0.05, 0.1) is 9.26 Å². The predicted octanol–water partition coefficient (Wildman–Crippen LogP) is 0.227. The first-order chi connectivity index (χ1) is 5.66. The number of rotatable bonds is 2. The zero-order chi connectivity index (χ0) is 9.14. The maximum atomic E-state index is 5.78. The maximum Gasteiger partial charge on any atom is 0.0546 e. The molecule has 0 saturated carbocycles. The van der Waals surface area contributed by atoms with E-state index in [1.807, 2.05) is 0 Å². The van der Waals surface area contributed by atoms with Gasteiger partial charge in [-0.05, 0) is 22.6 Å². The Morgan fingerprint density at radius 1 is 1.50 bits per heavy atom. The average Bonchev–Trinajstić information content (AvgIpc) is 2.08. The van der Waals surface area contributed by atoms with Crippen LogP contribution in [0.25, 0.3) is 0 Å². The van der Waals surface area contributed by atoms with Gasteiger partial charge < -0.3 is 17.2 Å². The van der Waals surface area contributed by atoms with Gasteiger partial charge in [0.2, 0.25) is 0 Å². The lowest BCUT2D eigenvalue weighted by atomic mass is 10.1. The van der Waals surface area contributed by atoms with Crippen LogP contribution < -0.4 is 17.2 Å². The molecule has 0 fully saturated rings. The summed E-state index contributed by atoms with van der Waals surface area (Å²) in [5, 5.41) is 0. The van der Waals surface area contributed by atoms with Crippen molar-refractivity contribution < 1.29 is 0 Å². The molecule has 0 aliphatic heterocycles. The van der Waals surface area contributed by atoms with Crippen molar-refractivity contribution in [2.45, 2.75) is 6.04 Å². The summed E-state index contributed by atoms with van der Waals surface area (Å²) in [5.74, 6) is 0. The third kappa shape index (κ3) is 1.85. The summed E-state index contributed by atoms with van der Waals surface area (Å²) in [7, 11) is 0. The Balaban J connectivity index is 3.07. The molecule has 1 rings (SSSR count). The van der Waals surface area contributed by atoms with Gasteiger partial charge in [-0.2, -0.15) is 0 Å². The van der Waals surface area contributed by atoms with Crippen LogP contribution in [0.2, 0.25) is 0 Å². The lowest BCUT2D eigenvalue weighted by molar-refractivity contribution is 0.735. The number of hydrogen-bond donors (Lipinski definition) is 3. The van der Waals surface area contributed by atoms with E-state index in [2.05, 4.69) is 27.6 Å². The average molecular weight is 278 g/mol. The van der Waals surface area contributed by atoms with Crippen molar-refractivity contribution in [1.29, 1.82) is 0 Å². The molecule has 6 N–H and O–H groups in total. The molecule has 4 nitrogen and oxygen atoms in total. The molecule has 0 spiro atoms. The zero-order valence-electron chi connectivity index (χ0n) is 6.50. The highest BCUT2D eigenvalue weighted by molar-refractivity contribution is 14.1. The van der Waals surface area contributed by atoms with E-state index in [1.54, 1.807) is 12.4 Å². The third-order valence-electron chi connectivity index (χ3n) is 1.62. The molecule has 0 saturated heterocycles. The van der Waals surface area contributed by atoms with Gasteiger partial charge in [-0.3, -0.25) is 4.98 Å². The van der Waals surface area contributed by atoms with E-state index in [-0.39, 0.29) is 6.04 Å². The van der Waals surface area contributed by atoms with E-state index in [9.17, 15) is 0 Å². The predicted molar refractivity (Wildman–Crippen MR) is 57.3 cm³/mol. The monoisotopic (exact) mass is 278 g/mol. The molecule has 0 aromatic carbocycles. The third-order valence-corrected chi connectivity index (χ3v) is 2.48. The van der Waals surface area contributed by atoms with Crippen molar-refractivity contribution in [2.75, 3.05) is 12.3 Å². The van der Waals surface area contributed by atoms with Crippen molar-refractivity contribution in [2.24, 2.45) is 11.5 Å². The van der Waals surface area contributed by atoms with Crippen LogP contribution >= 0.6 is 22.6 Å². The Bertz CT molecular complexity index is 276. The summed E-state index contributed by atoms with van der Waals surface area (Å²) < 4.78 is 0.911. The number of aromatic nitrogens is 1. The first-order valence-electron chi connectivity index (χ1n) is 3.51. The SMILES string of the molecule is NCC(N)c1cncc(I)c1N. The first kappa shape index (κ1) is 9.69. The van der Waals surface area contributed by atoms with Gasteiger partial charge in [0, 0.05) is 30.5 Å². The molecule has 0 aliphatic rings. The largest absolute Gasteiger partial charge is 0.398 e. The fourth-order valence-corrected chi connectivity index (χ4v) is 1.35. The number of nitrogen functional groups attached to an aromatic ring is 1. The van der Waals surface area contributed by atoms with Crippen LogP contribution in [0.15, 0.2) is 12.4 Å². The van der Waals surface area contributed by atoms with Gasteiger partial charge in [-0.15, -0.1) is 0 Å². The Morgan fingerprint density at radius 2 is 2.17 bits per heavy atom. The quantitative estimate of drug-likeness (QED) is 0.675. The second-order valence-corrected chi connectivity index (χ2v) is 3.63. The number of anilines is 1. The molecule has 1 heterocycles. The Morgan fingerprint density at radius 3 is 2.75 bits per heavy atom. The van der Waals surface area contributed by atoms with E-state index in [0.717, 1.165) is 9.13 Å². The Hall–Kier alpha value is -0.400. The van der Waals surface area contributed by atoms with Crippen molar-refractivity contribution >= 4 is 28.3 Å². The number of pyridine rings is 1. The van der Waals surface area contributed by atoms with E-state index in [4.69, 9.17) is 17.2 Å². The number of nitrogens with two attached hydrogens (primary N) is 3. The van der Waals surface area contributed by atoms with E-state index < -0.39 is 0 Å². The molecule has 0 radical (unpaired) electrons. The van der Waals surface area contributed by atoms with Crippen LogP contribution in [0.4, 0.5) is 5.69 Å². The van der Waals surface area contributed by atoms with E-state index in [0.29, 0.717) is 12.2 Å². The zero-order valence-corrected chi connectivity index (χ0v) is 8.65. The smallest absolute Gasteiger partial charge is 0.0546 e. The van der Waals surface area contributed by atoms with Gasteiger partial charge in [-0.1, -0.05) is 0 Å². The van der Waals surface area contributed by atoms with Gasteiger partial charge in [0.15, 0.2) is 0 Å². The molecule has 12 heavy (non-hydrogen) atoms. The summed E-state index contributed by atoms with van der Waals surface area (Å²) in [6.07, 6.45) is 3.36. The second-order valence-electron chi connectivity index (χ2n) is 2.47. The highest BCUT2D eigenvalue weighted by Gasteiger charge is 2.09. The lowest BCUT2D eigenvalue weighted by Crippen LogP contribution is -2.22. The highest BCUT2D eigenvalue weighted by atomic mass is 127. The summed E-state index contributed by atoms with van der Waals surface area (Å²) in [6.45, 7) is 0.381. The first-order valence-corrected chi connectivity index (χ1v) is 4.59. The topological polar surface area (TPSA) is 91.0 Å². The molecule has 0 amide bonds. The van der Waals surface area contributed by atoms with Crippen molar-refractivity contribution in [1.82, 2.24) is 4.98 Å². The molecule has 0 bridgehead atoms. The van der Waals surface area contributed by atoms with Gasteiger partial charge in [-0.25, -0.2) is 0 Å². The molecule has 66 valence electrons. The summed E-state index contributed by atoms with van der Waals surface area (Å²) >= 11 is 2.12. The minimum Gasteiger partial charge on any atom is -0.398 e. The maximum absolute atomic E-state index is 5.78. The van der Waals surface area contributed by atoms with Gasteiger partial charge >= 0.3 is 0 Å². The molecule has 5 heteroatoms. The molecule has 1 aromatic rings.